The van der Waals surface area contributed by atoms with Gasteiger partial charge in [-0.2, -0.15) is 0 Å². The fraction of sp³-hybridized carbons (Fsp3) is 0.615. The molecule has 0 unspecified atom stereocenters. The van der Waals surface area contributed by atoms with E-state index in [-0.39, 0.29) is 11.3 Å². The molecule has 0 bridgehead atoms. The van der Waals surface area contributed by atoms with Crippen molar-refractivity contribution in [3.05, 3.63) is 23.7 Å². The van der Waals surface area contributed by atoms with E-state index in [9.17, 15) is 4.79 Å². The number of hydrogen-bond acceptors (Lipinski definition) is 3. The van der Waals surface area contributed by atoms with E-state index >= 15 is 0 Å². The summed E-state index contributed by atoms with van der Waals surface area (Å²) in [5.41, 5.74) is 5.54. The smallest absolute Gasteiger partial charge is 0.287 e. The Morgan fingerprint density at radius 1 is 1.47 bits per heavy atom. The first-order chi connectivity index (χ1) is 7.98. The molecule has 0 aliphatic heterocycles. The molecule has 4 heteroatoms. The molecule has 1 rings (SSSR count). The van der Waals surface area contributed by atoms with Crippen molar-refractivity contribution in [3.8, 4) is 0 Å². The molecule has 0 aliphatic carbocycles. The van der Waals surface area contributed by atoms with Gasteiger partial charge >= 0.3 is 0 Å². The first-order valence-corrected chi connectivity index (χ1v) is 6.05. The van der Waals surface area contributed by atoms with Crippen LogP contribution in [0.3, 0.4) is 0 Å². The Balaban J connectivity index is 2.49. The number of aryl methyl sites for hydroxylation is 1. The zero-order valence-electron chi connectivity index (χ0n) is 10.9. The number of amides is 1. The van der Waals surface area contributed by atoms with E-state index in [0.717, 1.165) is 18.6 Å². The second-order valence-corrected chi connectivity index (χ2v) is 5.01. The highest BCUT2D eigenvalue weighted by molar-refractivity contribution is 5.91. The highest BCUT2D eigenvalue weighted by Crippen LogP contribution is 2.18. The fourth-order valence-electron chi connectivity index (χ4n) is 1.58. The summed E-state index contributed by atoms with van der Waals surface area (Å²) in [4.78, 5) is 11.8. The molecule has 1 amide bonds. The van der Waals surface area contributed by atoms with Crippen molar-refractivity contribution >= 4 is 5.91 Å². The number of nitrogens with one attached hydrogen (secondary N) is 1. The minimum absolute atomic E-state index is 0.0184. The Hall–Kier alpha value is -1.29. The average Bonchev–Trinajstić information content (AvgIpc) is 2.74. The van der Waals surface area contributed by atoms with Crippen LogP contribution in [0.5, 0.6) is 0 Å². The third-order valence-electron chi connectivity index (χ3n) is 2.78. The summed E-state index contributed by atoms with van der Waals surface area (Å²) in [5.74, 6) is 1.05. The van der Waals surface area contributed by atoms with Crippen molar-refractivity contribution in [2.45, 2.75) is 33.6 Å². The molecule has 1 heterocycles. The quantitative estimate of drug-likeness (QED) is 0.796. The average molecular weight is 238 g/mol. The van der Waals surface area contributed by atoms with Crippen LogP contribution in [-0.2, 0) is 6.42 Å². The van der Waals surface area contributed by atoms with Gasteiger partial charge in [0.15, 0.2) is 5.76 Å². The number of furan rings is 1. The van der Waals surface area contributed by atoms with Crippen LogP contribution in [0, 0.1) is 5.41 Å². The van der Waals surface area contributed by atoms with Gasteiger partial charge in [0, 0.05) is 13.0 Å². The lowest BCUT2D eigenvalue weighted by molar-refractivity contribution is 0.0905. The molecule has 3 N–H and O–H groups in total. The van der Waals surface area contributed by atoms with E-state index in [1.807, 2.05) is 13.0 Å². The topological polar surface area (TPSA) is 68.3 Å². The molecule has 0 fully saturated rings. The third-order valence-corrected chi connectivity index (χ3v) is 2.78. The monoisotopic (exact) mass is 238 g/mol. The normalized spacial score (nSPS) is 11.5. The van der Waals surface area contributed by atoms with Crippen LogP contribution in [0.15, 0.2) is 16.5 Å². The van der Waals surface area contributed by atoms with Gasteiger partial charge in [-0.15, -0.1) is 0 Å². The zero-order valence-corrected chi connectivity index (χ0v) is 10.9. The molecule has 0 radical (unpaired) electrons. The summed E-state index contributed by atoms with van der Waals surface area (Å²) in [6.07, 6.45) is 1.68. The van der Waals surface area contributed by atoms with Gasteiger partial charge in [0.25, 0.3) is 5.91 Å². The van der Waals surface area contributed by atoms with Gasteiger partial charge in [-0.3, -0.25) is 4.79 Å². The van der Waals surface area contributed by atoms with Crippen LogP contribution in [0.2, 0.25) is 0 Å². The van der Waals surface area contributed by atoms with Crippen LogP contribution < -0.4 is 11.1 Å². The Morgan fingerprint density at radius 2 is 2.18 bits per heavy atom. The summed E-state index contributed by atoms with van der Waals surface area (Å²) in [7, 11) is 0. The predicted octanol–water partition coefficient (Wildman–Crippen LogP) is 1.95. The van der Waals surface area contributed by atoms with Crippen LogP contribution >= 0.6 is 0 Å². The van der Waals surface area contributed by atoms with Gasteiger partial charge in [-0.25, -0.2) is 0 Å². The SMILES string of the molecule is CCc1ccc(C(=O)NCC(C)(C)CCN)o1. The molecule has 1 aromatic rings. The van der Waals surface area contributed by atoms with Crippen molar-refractivity contribution in [2.24, 2.45) is 11.1 Å². The number of carbonyl (C=O) groups excluding carboxylic acids is 1. The minimum atomic E-state index is -0.158. The molecule has 17 heavy (non-hydrogen) atoms. The molecule has 96 valence electrons. The maximum absolute atomic E-state index is 11.8. The Morgan fingerprint density at radius 3 is 2.71 bits per heavy atom. The number of carbonyl (C=O) groups is 1. The molecule has 1 aromatic heterocycles. The van der Waals surface area contributed by atoms with Crippen molar-refractivity contribution in [1.29, 1.82) is 0 Å². The van der Waals surface area contributed by atoms with E-state index in [1.165, 1.54) is 0 Å². The van der Waals surface area contributed by atoms with E-state index in [4.69, 9.17) is 10.2 Å². The van der Waals surface area contributed by atoms with Gasteiger partial charge in [0.05, 0.1) is 0 Å². The molecule has 0 atom stereocenters. The second-order valence-electron chi connectivity index (χ2n) is 5.01. The van der Waals surface area contributed by atoms with E-state index in [2.05, 4.69) is 19.2 Å². The van der Waals surface area contributed by atoms with Gasteiger partial charge in [0.1, 0.15) is 5.76 Å². The number of rotatable bonds is 6. The molecule has 0 saturated heterocycles. The summed E-state index contributed by atoms with van der Waals surface area (Å²) in [6, 6.07) is 3.55. The van der Waals surface area contributed by atoms with Crippen LogP contribution in [0.4, 0.5) is 0 Å². The summed E-state index contributed by atoms with van der Waals surface area (Å²) >= 11 is 0. The lowest BCUT2D eigenvalue weighted by Gasteiger charge is -2.23. The summed E-state index contributed by atoms with van der Waals surface area (Å²) < 4.78 is 5.38. The van der Waals surface area contributed by atoms with E-state index in [0.29, 0.717) is 18.8 Å². The molecule has 0 aromatic carbocycles. The molecule has 0 spiro atoms. The van der Waals surface area contributed by atoms with Crippen molar-refractivity contribution in [2.75, 3.05) is 13.1 Å². The highest BCUT2D eigenvalue weighted by atomic mass is 16.3. The van der Waals surface area contributed by atoms with Gasteiger partial charge in [0.2, 0.25) is 0 Å². The van der Waals surface area contributed by atoms with Crippen LogP contribution in [0.1, 0.15) is 43.5 Å². The summed E-state index contributed by atoms with van der Waals surface area (Å²) in [6.45, 7) is 7.39. The number of nitrogens with two attached hydrogens (primary N) is 1. The minimum Gasteiger partial charge on any atom is -0.456 e. The van der Waals surface area contributed by atoms with Gasteiger partial charge < -0.3 is 15.5 Å². The third kappa shape index (κ3) is 4.23. The van der Waals surface area contributed by atoms with Crippen molar-refractivity contribution < 1.29 is 9.21 Å². The van der Waals surface area contributed by atoms with E-state index in [1.54, 1.807) is 6.07 Å². The lowest BCUT2D eigenvalue weighted by atomic mass is 9.89. The molecule has 0 aliphatic rings. The predicted molar refractivity (Wildman–Crippen MR) is 67.9 cm³/mol. The van der Waals surface area contributed by atoms with Crippen molar-refractivity contribution in [3.63, 3.8) is 0 Å². The van der Waals surface area contributed by atoms with E-state index < -0.39 is 0 Å². The lowest BCUT2D eigenvalue weighted by Crippen LogP contribution is -2.35. The summed E-state index contributed by atoms with van der Waals surface area (Å²) in [5, 5.41) is 2.87. The molecule has 4 nitrogen and oxygen atoms in total. The van der Waals surface area contributed by atoms with Crippen molar-refractivity contribution in [1.82, 2.24) is 5.32 Å². The largest absolute Gasteiger partial charge is 0.456 e. The Kier molecular flexibility index (Phi) is 4.75. The van der Waals surface area contributed by atoms with Gasteiger partial charge in [-0.1, -0.05) is 20.8 Å². The molecular weight excluding hydrogens is 216 g/mol. The Bertz CT molecular complexity index is 369. The molecular formula is C13H22N2O2. The second kappa shape index (κ2) is 5.87. The first-order valence-electron chi connectivity index (χ1n) is 6.05. The van der Waals surface area contributed by atoms with Crippen LogP contribution in [-0.4, -0.2) is 19.0 Å². The maximum Gasteiger partial charge on any atom is 0.287 e. The molecule has 0 saturated carbocycles. The fourth-order valence-corrected chi connectivity index (χ4v) is 1.58. The standard InChI is InChI=1S/C13H22N2O2/c1-4-10-5-6-11(17-10)12(16)15-9-13(2,3)7-8-14/h5-6H,4,7-9,14H2,1-3H3,(H,15,16). The Labute approximate surface area is 103 Å². The first kappa shape index (κ1) is 13.8. The highest BCUT2D eigenvalue weighted by Gasteiger charge is 2.19. The number of hydrogen-bond donors (Lipinski definition) is 2. The van der Waals surface area contributed by atoms with Crippen LogP contribution in [0.25, 0.3) is 0 Å². The van der Waals surface area contributed by atoms with Gasteiger partial charge in [-0.05, 0) is 30.5 Å². The maximum atomic E-state index is 11.8. The zero-order chi connectivity index (χ0) is 12.9.